The van der Waals surface area contributed by atoms with Crippen LogP contribution in [0.3, 0.4) is 0 Å². The number of amides is 3. The quantitative estimate of drug-likeness (QED) is 0.884. The van der Waals surface area contributed by atoms with Gasteiger partial charge in [-0.05, 0) is 31.9 Å². The van der Waals surface area contributed by atoms with Gasteiger partial charge in [-0.3, -0.25) is 4.79 Å². The van der Waals surface area contributed by atoms with Crippen molar-refractivity contribution in [1.82, 2.24) is 15.5 Å². The third-order valence-corrected chi connectivity index (χ3v) is 4.88. The lowest BCUT2D eigenvalue weighted by Gasteiger charge is -2.27. The smallest absolute Gasteiger partial charge is 0.317 e. The number of carbonyl (C=O) groups is 2. The van der Waals surface area contributed by atoms with Crippen LogP contribution in [0.1, 0.15) is 26.2 Å². The highest BCUT2D eigenvalue weighted by molar-refractivity contribution is 5.80. The molecule has 2 heterocycles. The largest absolute Gasteiger partial charge is 0.370 e. The molecule has 3 amide bonds. The molecule has 24 heavy (non-hydrogen) atoms. The molecule has 0 bridgehead atoms. The first-order chi connectivity index (χ1) is 11.6. The SMILES string of the molecule is CC1(CNC(=O)N2CCCN(c3ccccc3)CC2)CCC(=O)N1. The summed E-state index contributed by atoms with van der Waals surface area (Å²) in [6, 6.07) is 10.3. The summed E-state index contributed by atoms with van der Waals surface area (Å²) >= 11 is 0. The average Bonchev–Trinajstić information content (AvgIpc) is 2.79. The molecule has 0 spiro atoms. The Morgan fingerprint density at radius 2 is 2.00 bits per heavy atom. The van der Waals surface area contributed by atoms with Crippen molar-refractivity contribution in [3.05, 3.63) is 30.3 Å². The lowest BCUT2D eigenvalue weighted by Crippen LogP contribution is -2.51. The van der Waals surface area contributed by atoms with Gasteiger partial charge in [0.05, 0.1) is 5.54 Å². The predicted octanol–water partition coefficient (Wildman–Crippen LogP) is 1.58. The van der Waals surface area contributed by atoms with E-state index in [0.717, 1.165) is 32.5 Å². The number of nitrogens with zero attached hydrogens (tertiary/aromatic N) is 2. The highest BCUT2D eigenvalue weighted by Gasteiger charge is 2.33. The zero-order chi connectivity index (χ0) is 17.0. The first-order valence-corrected chi connectivity index (χ1v) is 8.70. The van der Waals surface area contributed by atoms with Crippen LogP contribution in [0.2, 0.25) is 0 Å². The topological polar surface area (TPSA) is 64.7 Å². The van der Waals surface area contributed by atoms with Gasteiger partial charge in [0, 0.05) is 44.8 Å². The standard InChI is InChI=1S/C18H26N4O2/c1-18(9-8-16(23)20-18)14-19-17(24)22-11-5-10-21(12-13-22)15-6-3-2-4-7-15/h2-4,6-7H,5,8-14H2,1H3,(H,19,24)(H,20,23). The molecule has 2 aliphatic rings. The van der Waals surface area contributed by atoms with Crippen LogP contribution in [0, 0.1) is 0 Å². The number of benzene rings is 1. The monoisotopic (exact) mass is 330 g/mol. The maximum atomic E-state index is 12.5. The summed E-state index contributed by atoms with van der Waals surface area (Å²) in [5.74, 6) is 0.0695. The molecule has 2 saturated heterocycles. The Labute approximate surface area is 143 Å². The molecular weight excluding hydrogens is 304 g/mol. The van der Waals surface area contributed by atoms with Crippen molar-refractivity contribution < 1.29 is 9.59 Å². The van der Waals surface area contributed by atoms with Gasteiger partial charge >= 0.3 is 6.03 Å². The van der Waals surface area contributed by atoms with Crippen LogP contribution >= 0.6 is 0 Å². The fraction of sp³-hybridized carbons (Fsp3) is 0.556. The van der Waals surface area contributed by atoms with Crippen LogP contribution in [-0.4, -0.2) is 55.1 Å². The van der Waals surface area contributed by atoms with Crippen LogP contribution in [0.4, 0.5) is 10.5 Å². The Hall–Kier alpha value is -2.24. The molecule has 0 aliphatic carbocycles. The molecule has 1 aromatic carbocycles. The van der Waals surface area contributed by atoms with Crippen molar-refractivity contribution in [2.75, 3.05) is 37.6 Å². The predicted molar refractivity (Wildman–Crippen MR) is 94.0 cm³/mol. The maximum absolute atomic E-state index is 12.5. The summed E-state index contributed by atoms with van der Waals surface area (Å²) in [5, 5.41) is 5.94. The van der Waals surface area contributed by atoms with E-state index < -0.39 is 0 Å². The molecule has 1 unspecified atom stereocenters. The fourth-order valence-corrected chi connectivity index (χ4v) is 3.38. The fourth-order valence-electron chi connectivity index (χ4n) is 3.38. The van der Waals surface area contributed by atoms with Crippen molar-refractivity contribution in [2.45, 2.75) is 31.7 Å². The van der Waals surface area contributed by atoms with Crippen LogP contribution < -0.4 is 15.5 Å². The highest BCUT2D eigenvalue weighted by Crippen LogP contribution is 2.19. The normalized spacial score (nSPS) is 24.5. The van der Waals surface area contributed by atoms with Gasteiger partial charge in [-0.25, -0.2) is 4.79 Å². The molecule has 3 rings (SSSR count). The number of nitrogens with one attached hydrogen (secondary N) is 2. The summed E-state index contributed by atoms with van der Waals surface area (Å²) in [5.41, 5.74) is 0.898. The van der Waals surface area contributed by atoms with E-state index in [9.17, 15) is 9.59 Å². The van der Waals surface area contributed by atoms with Gasteiger partial charge in [-0.1, -0.05) is 18.2 Å². The molecular formula is C18H26N4O2. The second-order valence-electron chi connectivity index (χ2n) is 6.93. The van der Waals surface area contributed by atoms with Crippen LogP contribution in [0.15, 0.2) is 30.3 Å². The zero-order valence-electron chi connectivity index (χ0n) is 14.3. The molecule has 0 saturated carbocycles. The van der Waals surface area contributed by atoms with E-state index in [2.05, 4.69) is 27.7 Å². The van der Waals surface area contributed by atoms with Crippen molar-refractivity contribution >= 4 is 17.6 Å². The van der Waals surface area contributed by atoms with E-state index in [-0.39, 0.29) is 17.5 Å². The number of urea groups is 1. The number of rotatable bonds is 3. The van der Waals surface area contributed by atoms with E-state index in [4.69, 9.17) is 0 Å². The van der Waals surface area contributed by atoms with Crippen molar-refractivity contribution in [3.8, 4) is 0 Å². The summed E-state index contributed by atoms with van der Waals surface area (Å²) in [6.07, 6.45) is 2.27. The number of anilines is 1. The molecule has 0 radical (unpaired) electrons. The van der Waals surface area contributed by atoms with E-state index in [1.807, 2.05) is 30.0 Å². The van der Waals surface area contributed by atoms with Gasteiger partial charge in [0.15, 0.2) is 0 Å². The maximum Gasteiger partial charge on any atom is 0.317 e. The minimum atomic E-state index is -0.311. The molecule has 2 fully saturated rings. The minimum Gasteiger partial charge on any atom is -0.370 e. The minimum absolute atomic E-state index is 0.0349. The summed E-state index contributed by atoms with van der Waals surface area (Å²) in [6.45, 7) is 5.74. The third-order valence-electron chi connectivity index (χ3n) is 4.88. The van der Waals surface area contributed by atoms with E-state index >= 15 is 0 Å². The zero-order valence-corrected chi connectivity index (χ0v) is 14.3. The van der Waals surface area contributed by atoms with E-state index in [0.29, 0.717) is 19.5 Å². The van der Waals surface area contributed by atoms with E-state index in [1.54, 1.807) is 0 Å². The van der Waals surface area contributed by atoms with Gasteiger partial charge < -0.3 is 20.4 Å². The Balaban J connectivity index is 1.50. The van der Waals surface area contributed by atoms with Gasteiger partial charge in [0.25, 0.3) is 0 Å². The molecule has 1 aromatic rings. The summed E-state index contributed by atoms with van der Waals surface area (Å²) in [4.78, 5) is 28.0. The molecule has 1 atom stereocenters. The molecule has 0 aromatic heterocycles. The van der Waals surface area contributed by atoms with Gasteiger partial charge in [0.1, 0.15) is 0 Å². The number of hydrogen-bond acceptors (Lipinski definition) is 3. The Morgan fingerprint density at radius 3 is 2.71 bits per heavy atom. The Morgan fingerprint density at radius 1 is 1.21 bits per heavy atom. The summed E-state index contributed by atoms with van der Waals surface area (Å²) in [7, 11) is 0. The Bertz CT molecular complexity index is 592. The number of carbonyl (C=O) groups excluding carboxylic acids is 2. The first-order valence-electron chi connectivity index (χ1n) is 8.70. The summed E-state index contributed by atoms with van der Waals surface area (Å²) < 4.78 is 0. The van der Waals surface area contributed by atoms with Crippen LogP contribution in [0.25, 0.3) is 0 Å². The van der Waals surface area contributed by atoms with Crippen molar-refractivity contribution in [1.29, 1.82) is 0 Å². The number of para-hydroxylation sites is 1. The van der Waals surface area contributed by atoms with Crippen molar-refractivity contribution in [3.63, 3.8) is 0 Å². The second kappa shape index (κ2) is 7.11. The third kappa shape index (κ3) is 3.99. The van der Waals surface area contributed by atoms with Crippen molar-refractivity contribution in [2.24, 2.45) is 0 Å². The molecule has 2 aliphatic heterocycles. The number of hydrogen-bond donors (Lipinski definition) is 2. The van der Waals surface area contributed by atoms with Crippen LogP contribution in [0.5, 0.6) is 0 Å². The first kappa shape index (κ1) is 16.6. The molecule has 6 nitrogen and oxygen atoms in total. The van der Waals surface area contributed by atoms with Gasteiger partial charge in [-0.2, -0.15) is 0 Å². The van der Waals surface area contributed by atoms with Gasteiger partial charge in [-0.15, -0.1) is 0 Å². The molecule has 2 N–H and O–H groups in total. The van der Waals surface area contributed by atoms with E-state index in [1.165, 1.54) is 5.69 Å². The highest BCUT2D eigenvalue weighted by atomic mass is 16.2. The van der Waals surface area contributed by atoms with Crippen LogP contribution in [-0.2, 0) is 4.79 Å². The van der Waals surface area contributed by atoms with Gasteiger partial charge in [0.2, 0.25) is 5.91 Å². The second-order valence-corrected chi connectivity index (χ2v) is 6.93. The lowest BCUT2D eigenvalue weighted by molar-refractivity contribution is -0.119. The lowest BCUT2D eigenvalue weighted by atomic mass is 10.0. The molecule has 6 heteroatoms. The Kier molecular flexibility index (Phi) is 4.92. The average molecular weight is 330 g/mol. The molecule has 130 valence electrons.